The van der Waals surface area contributed by atoms with Gasteiger partial charge in [0.15, 0.2) is 5.78 Å². The van der Waals surface area contributed by atoms with Crippen molar-refractivity contribution in [3.05, 3.63) is 34.9 Å². The van der Waals surface area contributed by atoms with E-state index in [4.69, 9.17) is 5.11 Å². The number of rotatable bonds is 8. The van der Waals surface area contributed by atoms with E-state index in [1.165, 1.54) is 4.90 Å². The van der Waals surface area contributed by atoms with Crippen molar-refractivity contribution in [3.63, 3.8) is 0 Å². The van der Waals surface area contributed by atoms with Crippen molar-refractivity contribution in [3.8, 4) is 0 Å². The fourth-order valence-corrected chi connectivity index (χ4v) is 2.06. The van der Waals surface area contributed by atoms with Crippen LogP contribution in [0.3, 0.4) is 0 Å². The normalized spacial score (nSPS) is 10.3. The van der Waals surface area contributed by atoms with Crippen LogP contribution >= 0.6 is 0 Å². The number of nitrogens with zero attached hydrogens (tertiary/aromatic N) is 1. The first-order valence-electron chi connectivity index (χ1n) is 7.37. The zero-order valence-corrected chi connectivity index (χ0v) is 13.4. The van der Waals surface area contributed by atoms with Gasteiger partial charge in [0.25, 0.3) is 0 Å². The van der Waals surface area contributed by atoms with Crippen molar-refractivity contribution in [1.82, 2.24) is 4.90 Å². The molecule has 0 fully saturated rings. The molecule has 0 heterocycles. The minimum Gasteiger partial charge on any atom is -0.481 e. The Morgan fingerprint density at radius 3 is 2.32 bits per heavy atom. The third-order valence-electron chi connectivity index (χ3n) is 3.70. The quantitative estimate of drug-likeness (QED) is 0.749. The molecule has 0 aliphatic carbocycles. The van der Waals surface area contributed by atoms with Crippen molar-refractivity contribution in [2.75, 3.05) is 13.6 Å². The van der Waals surface area contributed by atoms with Gasteiger partial charge >= 0.3 is 5.97 Å². The van der Waals surface area contributed by atoms with E-state index in [9.17, 15) is 14.4 Å². The summed E-state index contributed by atoms with van der Waals surface area (Å²) in [6.07, 6.45) is 0.780. The summed E-state index contributed by atoms with van der Waals surface area (Å²) in [6.45, 7) is 4.33. The highest BCUT2D eigenvalue weighted by Gasteiger charge is 2.13. The zero-order valence-electron chi connectivity index (χ0n) is 13.4. The Morgan fingerprint density at radius 1 is 1.05 bits per heavy atom. The van der Waals surface area contributed by atoms with E-state index >= 15 is 0 Å². The second kappa shape index (κ2) is 8.32. The lowest BCUT2D eigenvalue weighted by molar-refractivity contribution is -0.138. The standard InChI is InChI=1S/C17H23NO4/c1-12-6-7-14(11-13(12)2)15(19)8-9-16(20)18(3)10-4-5-17(21)22/h6-7,11H,4-5,8-10H2,1-3H3,(H,21,22). The first-order valence-corrected chi connectivity index (χ1v) is 7.37. The van der Waals surface area contributed by atoms with Crippen LogP contribution in [0.5, 0.6) is 0 Å². The average molecular weight is 305 g/mol. The smallest absolute Gasteiger partial charge is 0.303 e. The molecule has 5 nitrogen and oxygen atoms in total. The highest BCUT2D eigenvalue weighted by atomic mass is 16.4. The topological polar surface area (TPSA) is 74.7 Å². The molecule has 5 heteroatoms. The number of benzene rings is 1. The summed E-state index contributed by atoms with van der Waals surface area (Å²) in [5.74, 6) is -1.05. The monoisotopic (exact) mass is 305 g/mol. The Hall–Kier alpha value is -2.17. The summed E-state index contributed by atoms with van der Waals surface area (Å²) in [4.78, 5) is 35.9. The molecule has 1 aromatic carbocycles. The molecule has 22 heavy (non-hydrogen) atoms. The number of carboxylic acids is 1. The number of hydrogen-bond acceptors (Lipinski definition) is 3. The fraction of sp³-hybridized carbons (Fsp3) is 0.471. The lowest BCUT2D eigenvalue weighted by Gasteiger charge is -2.16. The van der Waals surface area contributed by atoms with Gasteiger partial charge in [-0.1, -0.05) is 12.1 Å². The molecule has 1 N–H and O–H groups in total. The van der Waals surface area contributed by atoms with Crippen LogP contribution in [0.2, 0.25) is 0 Å². The molecule has 1 rings (SSSR count). The van der Waals surface area contributed by atoms with Gasteiger partial charge in [-0.25, -0.2) is 0 Å². The first-order chi connectivity index (χ1) is 10.3. The van der Waals surface area contributed by atoms with Crippen LogP contribution in [-0.2, 0) is 9.59 Å². The number of aryl methyl sites for hydroxylation is 2. The minimum absolute atomic E-state index is 0.0409. The molecular weight excluding hydrogens is 282 g/mol. The van der Waals surface area contributed by atoms with E-state index in [-0.39, 0.29) is 31.0 Å². The molecule has 0 spiro atoms. The molecule has 0 atom stereocenters. The van der Waals surface area contributed by atoms with Gasteiger partial charge < -0.3 is 10.0 Å². The summed E-state index contributed by atoms with van der Waals surface area (Å²) < 4.78 is 0. The minimum atomic E-state index is -0.870. The summed E-state index contributed by atoms with van der Waals surface area (Å²) in [6, 6.07) is 5.53. The van der Waals surface area contributed by atoms with Crippen LogP contribution in [0, 0.1) is 13.8 Å². The largest absolute Gasteiger partial charge is 0.481 e. The molecule has 0 aliphatic rings. The molecule has 0 aliphatic heterocycles. The Labute approximate surface area is 130 Å². The van der Waals surface area contributed by atoms with Crippen molar-refractivity contribution in [1.29, 1.82) is 0 Å². The Morgan fingerprint density at radius 2 is 1.73 bits per heavy atom. The van der Waals surface area contributed by atoms with Crippen LogP contribution in [-0.4, -0.2) is 41.3 Å². The molecule has 0 bridgehead atoms. The molecule has 1 aromatic rings. The second-order valence-corrected chi connectivity index (χ2v) is 5.53. The summed E-state index contributed by atoms with van der Waals surface area (Å²) in [7, 11) is 1.63. The molecular formula is C17H23NO4. The molecule has 0 saturated heterocycles. The van der Waals surface area contributed by atoms with E-state index in [0.29, 0.717) is 18.5 Å². The molecule has 120 valence electrons. The van der Waals surface area contributed by atoms with E-state index in [0.717, 1.165) is 11.1 Å². The van der Waals surface area contributed by atoms with Crippen LogP contribution in [0.15, 0.2) is 18.2 Å². The molecule has 0 radical (unpaired) electrons. The fourth-order valence-electron chi connectivity index (χ4n) is 2.06. The first kappa shape index (κ1) is 17.9. The highest BCUT2D eigenvalue weighted by Crippen LogP contribution is 2.13. The number of carboxylic acid groups (broad SMARTS) is 1. The molecule has 0 saturated carbocycles. The summed E-state index contributed by atoms with van der Waals surface area (Å²) >= 11 is 0. The maximum absolute atomic E-state index is 12.1. The van der Waals surface area contributed by atoms with E-state index in [1.807, 2.05) is 26.0 Å². The predicted octanol–water partition coefficient (Wildman–Crippen LogP) is 2.59. The van der Waals surface area contributed by atoms with Crippen LogP contribution < -0.4 is 0 Å². The van der Waals surface area contributed by atoms with Crippen molar-refractivity contribution < 1.29 is 19.5 Å². The number of carbonyl (C=O) groups is 3. The second-order valence-electron chi connectivity index (χ2n) is 5.53. The van der Waals surface area contributed by atoms with Crippen LogP contribution in [0.25, 0.3) is 0 Å². The third-order valence-corrected chi connectivity index (χ3v) is 3.70. The number of hydrogen-bond donors (Lipinski definition) is 1. The summed E-state index contributed by atoms with van der Waals surface area (Å²) in [5.41, 5.74) is 2.82. The van der Waals surface area contributed by atoms with Crippen molar-refractivity contribution in [2.24, 2.45) is 0 Å². The van der Waals surface area contributed by atoms with Gasteiger partial charge in [0.1, 0.15) is 0 Å². The van der Waals surface area contributed by atoms with Crippen LogP contribution in [0.1, 0.15) is 47.2 Å². The van der Waals surface area contributed by atoms with E-state index < -0.39 is 5.97 Å². The maximum Gasteiger partial charge on any atom is 0.303 e. The lowest BCUT2D eigenvalue weighted by atomic mass is 10.0. The van der Waals surface area contributed by atoms with E-state index in [2.05, 4.69) is 0 Å². The molecule has 0 unspecified atom stereocenters. The van der Waals surface area contributed by atoms with Gasteiger partial charge in [-0.3, -0.25) is 14.4 Å². The van der Waals surface area contributed by atoms with Gasteiger partial charge in [-0.15, -0.1) is 0 Å². The SMILES string of the molecule is Cc1ccc(C(=O)CCC(=O)N(C)CCCC(=O)O)cc1C. The number of Topliss-reactive ketones (excluding diaryl/α,β-unsaturated/α-hetero) is 1. The molecule has 0 aromatic heterocycles. The van der Waals surface area contributed by atoms with Crippen molar-refractivity contribution in [2.45, 2.75) is 39.5 Å². The van der Waals surface area contributed by atoms with Gasteiger partial charge in [0.05, 0.1) is 0 Å². The van der Waals surface area contributed by atoms with Gasteiger partial charge in [0, 0.05) is 38.4 Å². The number of carbonyl (C=O) groups excluding carboxylic acids is 2. The summed E-state index contributed by atoms with van der Waals surface area (Å²) in [5, 5.41) is 8.56. The third kappa shape index (κ3) is 5.68. The zero-order chi connectivity index (χ0) is 16.7. The lowest BCUT2D eigenvalue weighted by Crippen LogP contribution is -2.28. The van der Waals surface area contributed by atoms with Crippen LogP contribution in [0.4, 0.5) is 0 Å². The number of ketones is 1. The predicted molar refractivity (Wildman–Crippen MR) is 84.0 cm³/mol. The van der Waals surface area contributed by atoms with Gasteiger partial charge in [-0.05, 0) is 37.5 Å². The van der Waals surface area contributed by atoms with Gasteiger partial charge in [-0.2, -0.15) is 0 Å². The Bertz CT molecular complexity index is 566. The van der Waals surface area contributed by atoms with Gasteiger partial charge in [0.2, 0.25) is 5.91 Å². The number of amides is 1. The number of aliphatic carboxylic acids is 1. The Kier molecular flexibility index (Phi) is 6.76. The van der Waals surface area contributed by atoms with E-state index in [1.54, 1.807) is 13.1 Å². The molecule has 1 amide bonds. The Balaban J connectivity index is 2.44. The van der Waals surface area contributed by atoms with Crippen molar-refractivity contribution >= 4 is 17.7 Å². The highest BCUT2D eigenvalue weighted by molar-refractivity contribution is 5.98. The average Bonchev–Trinajstić information content (AvgIpc) is 2.46. The maximum atomic E-state index is 12.1.